The van der Waals surface area contributed by atoms with Gasteiger partial charge in [0.25, 0.3) is 0 Å². The molecule has 2 bridgehead atoms. The lowest BCUT2D eigenvalue weighted by Gasteiger charge is -2.28. The molecule has 1 saturated carbocycles. The molecule has 31 heavy (non-hydrogen) atoms. The van der Waals surface area contributed by atoms with Gasteiger partial charge in [-0.2, -0.15) is 13.2 Å². The Labute approximate surface area is 178 Å². The summed E-state index contributed by atoms with van der Waals surface area (Å²) in [5.41, 5.74) is 6.34. The van der Waals surface area contributed by atoms with E-state index in [1.807, 2.05) is 6.08 Å². The molecule has 0 radical (unpaired) electrons. The average Bonchev–Trinajstić information content (AvgIpc) is 3.43. The van der Waals surface area contributed by atoms with Crippen LogP contribution in [0.4, 0.5) is 18.9 Å². The maximum Gasteiger partial charge on any atom is 0.433 e. The molecule has 11 heteroatoms. The van der Waals surface area contributed by atoms with Crippen LogP contribution in [0.2, 0.25) is 5.02 Å². The molecule has 2 aliphatic carbocycles. The Balaban J connectivity index is 1.51. The SMILES string of the molecule is NC(=O)C1C2C=CC(C2)C1Nc1c(Cl)cnc2nc(-c3ccc(C(F)(F)F)nc3)[nH]c12. The third-order valence-corrected chi connectivity index (χ3v) is 6.19. The molecule has 3 heterocycles. The second-order valence-electron chi connectivity index (χ2n) is 7.74. The number of nitrogens with zero attached hydrogens (tertiary/aromatic N) is 3. The topological polar surface area (TPSA) is 110 Å². The Hall–Kier alpha value is -3.14. The van der Waals surface area contributed by atoms with Crippen LogP contribution in [-0.4, -0.2) is 31.9 Å². The molecule has 7 nitrogen and oxygen atoms in total. The van der Waals surface area contributed by atoms with Crippen LogP contribution in [-0.2, 0) is 11.0 Å². The Morgan fingerprint density at radius 2 is 1.97 bits per heavy atom. The van der Waals surface area contributed by atoms with Gasteiger partial charge in [0.05, 0.1) is 22.8 Å². The summed E-state index contributed by atoms with van der Waals surface area (Å²) in [6.07, 6.45) is 2.94. The first-order valence-corrected chi connectivity index (χ1v) is 9.92. The van der Waals surface area contributed by atoms with Gasteiger partial charge in [-0.05, 0) is 30.4 Å². The summed E-state index contributed by atoms with van der Waals surface area (Å²) in [5, 5.41) is 3.67. The first-order chi connectivity index (χ1) is 14.7. The van der Waals surface area contributed by atoms with Gasteiger partial charge in [-0.15, -0.1) is 0 Å². The van der Waals surface area contributed by atoms with Gasteiger partial charge in [0.2, 0.25) is 5.91 Å². The number of halogens is 4. The molecule has 0 aromatic carbocycles. The molecule has 1 fully saturated rings. The number of nitrogens with two attached hydrogens (primary N) is 1. The zero-order valence-corrected chi connectivity index (χ0v) is 16.6. The monoisotopic (exact) mass is 448 g/mol. The molecule has 3 aromatic heterocycles. The van der Waals surface area contributed by atoms with E-state index in [1.165, 1.54) is 12.3 Å². The van der Waals surface area contributed by atoms with Crippen molar-refractivity contribution in [3.8, 4) is 11.4 Å². The fraction of sp³-hybridized carbons (Fsp3) is 0.300. The van der Waals surface area contributed by atoms with Crippen molar-refractivity contribution >= 4 is 34.4 Å². The zero-order chi connectivity index (χ0) is 21.9. The maximum absolute atomic E-state index is 12.8. The van der Waals surface area contributed by atoms with E-state index < -0.39 is 11.9 Å². The number of primary amides is 1. The maximum atomic E-state index is 12.8. The zero-order valence-electron chi connectivity index (χ0n) is 15.8. The summed E-state index contributed by atoms with van der Waals surface area (Å²) in [6, 6.07) is 1.95. The molecule has 4 atom stereocenters. The highest BCUT2D eigenvalue weighted by molar-refractivity contribution is 6.34. The molecule has 0 aliphatic heterocycles. The summed E-state index contributed by atoms with van der Waals surface area (Å²) in [5.74, 6) is -0.212. The third-order valence-electron chi connectivity index (χ3n) is 5.90. The third kappa shape index (κ3) is 3.31. The Bertz CT molecular complexity index is 1210. The highest BCUT2D eigenvalue weighted by Crippen LogP contribution is 2.46. The summed E-state index contributed by atoms with van der Waals surface area (Å²) < 4.78 is 38.3. The lowest BCUT2D eigenvalue weighted by molar-refractivity contribution is -0.141. The molecule has 160 valence electrons. The summed E-state index contributed by atoms with van der Waals surface area (Å²) in [7, 11) is 0. The molecule has 3 aromatic rings. The number of aromatic nitrogens is 4. The van der Waals surface area contributed by atoms with Crippen LogP contribution in [0.5, 0.6) is 0 Å². The van der Waals surface area contributed by atoms with Crippen LogP contribution in [0.1, 0.15) is 12.1 Å². The number of H-pyrrole nitrogens is 1. The van der Waals surface area contributed by atoms with Gasteiger partial charge in [0.1, 0.15) is 17.0 Å². The number of rotatable bonds is 4. The second-order valence-corrected chi connectivity index (χ2v) is 8.15. The van der Waals surface area contributed by atoms with Crippen molar-refractivity contribution in [3.05, 3.63) is 47.4 Å². The molecular formula is C20H16ClF3N6O. The van der Waals surface area contributed by atoms with Crippen molar-refractivity contribution in [1.29, 1.82) is 0 Å². The van der Waals surface area contributed by atoms with Crippen LogP contribution >= 0.6 is 11.6 Å². The smallest absolute Gasteiger partial charge is 0.378 e. The number of hydrogen-bond donors (Lipinski definition) is 3. The van der Waals surface area contributed by atoms with Gasteiger partial charge in [-0.25, -0.2) is 9.97 Å². The number of alkyl halides is 3. The first-order valence-electron chi connectivity index (χ1n) is 9.54. The Morgan fingerprint density at radius 3 is 2.65 bits per heavy atom. The van der Waals surface area contributed by atoms with Crippen molar-refractivity contribution < 1.29 is 18.0 Å². The number of pyridine rings is 2. The number of imidazole rings is 1. The average molecular weight is 449 g/mol. The summed E-state index contributed by atoms with van der Waals surface area (Å²) >= 11 is 6.39. The van der Waals surface area contributed by atoms with Crippen molar-refractivity contribution in [1.82, 2.24) is 19.9 Å². The van der Waals surface area contributed by atoms with Gasteiger partial charge < -0.3 is 16.0 Å². The quantitative estimate of drug-likeness (QED) is 0.526. The highest BCUT2D eigenvalue weighted by Gasteiger charge is 2.47. The van der Waals surface area contributed by atoms with Gasteiger partial charge in [0.15, 0.2) is 5.65 Å². The molecule has 1 amide bonds. The predicted molar refractivity (Wildman–Crippen MR) is 108 cm³/mol. The van der Waals surface area contributed by atoms with E-state index >= 15 is 0 Å². The molecular weight excluding hydrogens is 433 g/mol. The number of hydrogen-bond acceptors (Lipinski definition) is 5. The second kappa shape index (κ2) is 6.94. The number of nitrogens with one attached hydrogen (secondary N) is 2. The van der Waals surface area contributed by atoms with Gasteiger partial charge in [-0.1, -0.05) is 23.8 Å². The van der Waals surface area contributed by atoms with Crippen LogP contribution in [0, 0.1) is 17.8 Å². The minimum atomic E-state index is -4.52. The van der Waals surface area contributed by atoms with Gasteiger partial charge in [-0.3, -0.25) is 9.78 Å². The molecule has 0 saturated heterocycles. The van der Waals surface area contributed by atoms with E-state index in [9.17, 15) is 18.0 Å². The van der Waals surface area contributed by atoms with E-state index in [0.29, 0.717) is 33.3 Å². The number of aromatic amines is 1. The van der Waals surface area contributed by atoms with E-state index in [0.717, 1.165) is 18.7 Å². The number of anilines is 1. The fourth-order valence-corrected chi connectivity index (χ4v) is 4.68. The lowest BCUT2D eigenvalue weighted by atomic mass is 9.88. The van der Waals surface area contributed by atoms with Gasteiger partial charge >= 0.3 is 6.18 Å². The van der Waals surface area contributed by atoms with E-state index in [-0.39, 0.29) is 29.7 Å². The van der Waals surface area contributed by atoms with Gasteiger partial charge in [0, 0.05) is 17.8 Å². The minimum absolute atomic E-state index is 0.0895. The van der Waals surface area contributed by atoms with Crippen molar-refractivity contribution in [2.75, 3.05) is 5.32 Å². The predicted octanol–water partition coefficient (Wildman–Crippen LogP) is 3.78. The van der Waals surface area contributed by atoms with Crippen LogP contribution in [0.25, 0.3) is 22.6 Å². The van der Waals surface area contributed by atoms with E-state index in [4.69, 9.17) is 17.3 Å². The fourth-order valence-electron chi connectivity index (χ4n) is 4.49. The number of carbonyl (C=O) groups is 1. The number of fused-ring (bicyclic) bond motifs is 3. The lowest BCUT2D eigenvalue weighted by Crippen LogP contribution is -2.41. The van der Waals surface area contributed by atoms with Crippen molar-refractivity contribution in [3.63, 3.8) is 0 Å². The van der Waals surface area contributed by atoms with Crippen molar-refractivity contribution in [2.24, 2.45) is 23.5 Å². The van der Waals surface area contributed by atoms with Crippen molar-refractivity contribution in [2.45, 2.75) is 18.6 Å². The minimum Gasteiger partial charge on any atom is -0.378 e. The Morgan fingerprint density at radius 1 is 1.19 bits per heavy atom. The summed E-state index contributed by atoms with van der Waals surface area (Å²) in [4.78, 5) is 27.1. The molecule has 4 N–H and O–H groups in total. The van der Waals surface area contributed by atoms with E-state index in [1.54, 1.807) is 0 Å². The Kier molecular flexibility index (Phi) is 4.44. The molecule has 5 rings (SSSR count). The molecule has 0 spiro atoms. The van der Waals surface area contributed by atoms with Crippen LogP contribution in [0.15, 0.2) is 36.7 Å². The molecule has 4 unspecified atom stereocenters. The number of amides is 1. The van der Waals surface area contributed by atoms with Crippen LogP contribution in [0.3, 0.4) is 0 Å². The molecule has 2 aliphatic rings. The standard InChI is InChI=1S/C20H16ClF3N6O/c21-11-7-27-19-16(15(11)28-14-9-2-1-8(5-9)13(14)17(25)31)29-18(30-19)10-3-4-12(26-6-10)20(22,23)24/h1-4,6-9,13-14H,5H2,(H2,25,31)(H2,27,28,29,30). The van der Waals surface area contributed by atoms with E-state index in [2.05, 4.69) is 31.3 Å². The van der Waals surface area contributed by atoms with Crippen LogP contribution < -0.4 is 11.1 Å². The normalized spacial score (nSPS) is 24.8. The summed E-state index contributed by atoms with van der Waals surface area (Å²) in [6.45, 7) is 0. The largest absolute Gasteiger partial charge is 0.433 e. The number of allylic oxidation sites excluding steroid dienone is 1. The number of carbonyl (C=O) groups excluding carboxylic acids is 1. The highest BCUT2D eigenvalue weighted by atomic mass is 35.5. The first kappa shape index (κ1) is 19.8.